The first-order chi connectivity index (χ1) is 11.7. The third-order valence-electron chi connectivity index (χ3n) is 4.38. The number of carbonyl (C=O) groups excluding carboxylic acids is 1. The second kappa shape index (κ2) is 8.29. The van der Waals surface area contributed by atoms with Crippen molar-refractivity contribution in [3.05, 3.63) is 29.8 Å². The van der Waals surface area contributed by atoms with Gasteiger partial charge in [0.25, 0.3) is 10.2 Å². The molecule has 0 aromatic heterocycles. The smallest absolute Gasteiger partial charge is 0.279 e. The summed E-state index contributed by atoms with van der Waals surface area (Å²) in [5.41, 5.74) is 1.56. The minimum absolute atomic E-state index is 0.0400. The first-order valence-electron chi connectivity index (χ1n) is 8.82. The summed E-state index contributed by atoms with van der Waals surface area (Å²) in [6.45, 7) is 9.21. The molecule has 25 heavy (non-hydrogen) atoms. The molecule has 0 aliphatic carbocycles. The van der Waals surface area contributed by atoms with Gasteiger partial charge in [0.1, 0.15) is 0 Å². The largest absolute Gasteiger partial charge is 0.326 e. The van der Waals surface area contributed by atoms with E-state index in [0.29, 0.717) is 30.6 Å². The van der Waals surface area contributed by atoms with Crippen molar-refractivity contribution in [1.82, 2.24) is 9.03 Å². The number of nitrogens with zero attached hydrogens (tertiary/aromatic N) is 1. The predicted octanol–water partition coefficient (Wildman–Crippen LogP) is 2.59. The molecule has 2 atom stereocenters. The Morgan fingerprint density at radius 1 is 1.16 bits per heavy atom. The Labute approximate surface area is 151 Å². The van der Waals surface area contributed by atoms with E-state index in [4.69, 9.17) is 0 Å². The van der Waals surface area contributed by atoms with Crippen LogP contribution in [-0.4, -0.2) is 31.7 Å². The van der Waals surface area contributed by atoms with Crippen molar-refractivity contribution < 1.29 is 13.2 Å². The fourth-order valence-corrected chi connectivity index (χ4v) is 4.49. The van der Waals surface area contributed by atoms with Gasteiger partial charge in [0.2, 0.25) is 5.91 Å². The van der Waals surface area contributed by atoms with Crippen molar-refractivity contribution >= 4 is 21.8 Å². The molecule has 0 saturated carbocycles. The number of piperidine rings is 1. The maximum atomic E-state index is 12.5. The predicted molar refractivity (Wildman–Crippen MR) is 100 cm³/mol. The van der Waals surface area contributed by atoms with E-state index in [1.807, 2.05) is 26.0 Å². The van der Waals surface area contributed by atoms with Crippen LogP contribution in [0.5, 0.6) is 0 Å². The van der Waals surface area contributed by atoms with Crippen LogP contribution in [-0.2, 0) is 21.5 Å². The summed E-state index contributed by atoms with van der Waals surface area (Å²) >= 11 is 0. The summed E-state index contributed by atoms with van der Waals surface area (Å²) < 4.78 is 29.2. The SMILES string of the molecule is CC(C)C(=O)Nc1ccc(CNS(=O)(=O)N2C[C@H](C)C[C@@H](C)C2)cc1. The van der Waals surface area contributed by atoms with Crippen LogP contribution in [0, 0.1) is 17.8 Å². The lowest BCUT2D eigenvalue weighted by atomic mass is 9.94. The molecule has 0 spiro atoms. The van der Waals surface area contributed by atoms with E-state index in [-0.39, 0.29) is 18.4 Å². The number of hydrogen-bond acceptors (Lipinski definition) is 3. The van der Waals surface area contributed by atoms with Gasteiger partial charge < -0.3 is 5.32 Å². The Hall–Kier alpha value is -1.44. The molecule has 140 valence electrons. The van der Waals surface area contributed by atoms with E-state index in [1.165, 1.54) is 0 Å². The maximum Gasteiger partial charge on any atom is 0.279 e. The molecule has 1 aliphatic heterocycles. The van der Waals surface area contributed by atoms with Gasteiger partial charge in [-0.2, -0.15) is 17.4 Å². The Morgan fingerprint density at radius 2 is 1.72 bits per heavy atom. The van der Waals surface area contributed by atoms with Crippen molar-refractivity contribution in [2.75, 3.05) is 18.4 Å². The van der Waals surface area contributed by atoms with Crippen LogP contribution in [0.4, 0.5) is 5.69 Å². The molecule has 1 heterocycles. The lowest BCUT2D eigenvalue weighted by molar-refractivity contribution is -0.118. The minimum Gasteiger partial charge on any atom is -0.326 e. The van der Waals surface area contributed by atoms with Gasteiger partial charge in [0.15, 0.2) is 0 Å². The molecule has 1 aliphatic rings. The molecule has 1 fully saturated rings. The molecular formula is C18H29N3O3S. The van der Waals surface area contributed by atoms with E-state index in [0.717, 1.165) is 12.0 Å². The molecule has 0 unspecified atom stereocenters. The van der Waals surface area contributed by atoms with Crippen LogP contribution in [0.15, 0.2) is 24.3 Å². The van der Waals surface area contributed by atoms with Crippen LogP contribution in [0.3, 0.4) is 0 Å². The maximum absolute atomic E-state index is 12.5. The first kappa shape index (κ1) is 19.9. The Morgan fingerprint density at radius 3 is 2.24 bits per heavy atom. The van der Waals surface area contributed by atoms with Gasteiger partial charge in [-0.05, 0) is 36.0 Å². The van der Waals surface area contributed by atoms with Crippen LogP contribution in [0.2, 0.25) is 0 Å². The van der Waals surface area contributed by atoms with E-state index >= 15 is 0 Å². The first-order valence-corrected chi connectivity index (χ1v) is 10.3. The highest BCUT2D eigenvalue weighted by Gasteiger charge is 2.30. The third-order valence-corrected chi connectivity index (χ3v) is 5.87. The van der Waals surface area contributed by atoms with Crippen LogP contribution < -0.4 is 10.0 Å². The van der Waals surface area contributed by atoms with Gasteiger partial charge in [0, 0.05) is 31.2 Å². The lowest BCUT2D eigenvalue weighted by Crippen LogP contribution is -2.47. The number of amides is 1. The summed E-state index contributed by atoms with van der Waals surface area (Å²) in [6, 6.07) is 7.21. The fourth-order valence-electron chi connectivity index (χ4n) is 3.06. The highest BCUT2D eigenvalue weighted by atomic mass is 32.2. The van der Waals surface area contributed by atoms with Gasteiger partial charge in [-0.1, -0.05) is 39.8 Å². The summed E-state index contributed by atoms with van der Waals surface area (Å²) in [4.78, 5) is 11.7. The van der Waals surface area contributed by atoms with Gasteiger partial charge in [0.05, 0.1) is 0 Å². The second-order valence-corrected chi connectivity index (χ2v) is 9.19. The molecule has 1 aromatic carbocycles. The van der Waals surface area contributed by atoms with Gasteiger partial charge in [-0.3, -0.25) is 4.79 Å². The fraction of sp³-hybridized carbons (Fsp3) is 0.611. The van der Waals surface area contributed by atoms with E-state index < -0.39 is 10.2 Å². The van der Waals surface area contributed by atoms with Gasteiger partial charge in [-0.25, -0.2) is 0 Å². The number of benzene rings is 1. The third kappa shape index (κ3) is 5.80. The van der Waals surface area contributed by atoms with Crippen molar-refractivity contribution in [2.24, 2.45) is 17.8 Å². The normalized spacial score (nSPS) is 22.1. The average molecular weight is 368 g/mol. The zero-order valence-corrected chi connectivity index (χ0v) is 16.3. The van der Waals surface area contributed by atoms with Crippen LogP contribution in [0.25, 0.3) is 0 Å². The van der Waals surface area contributed by atoms with Gasteiger partial charge >= 0.3 is 0 Å². The molecule has 1 amide bonds. The van der Waals surface area contributed by atoms with Crippen molar-refractivity contribution in [1.29, 1.82) is 0 Å². The van der Waals surface area contributed by atoms with Gasteiger partial charge in [-0.15, -0.1) is 0 Å². The molecule has 1 saturated heterocycles. The topological polar surface area (TPSA) is 78.5 Å². The molecule has 1 aromatic rings. The van der Waals surface area contributed by atoms with Crippen molar-refractivity contribution in [3.63, 3.8) is 0 Å². The van der Waals surface area contributed by atoms with Crippen molar-refractivity contribution in [2.45, 2.75) is 40.7 Å². The zero-order valence-electron chi connectivity index (χ0n) is 15.5. The van der Waals surface area contributed by atoms with E-state index in [1.54, 1.807) is 16.4 Å². The van der Waals surface area contributed by atoms with Crippen molar-refractivity contribution in [3.8, 4) is 0 Å². The monoisotopic (exact) mass is 367 g/mol. The highest BCUT2D eigenvalue weighted by molar-refractivity contribution is 7.87. The molecule has 0 radical (unpaired) electrons. The van der Waals surface area contributed by atoms with Crippen LogP contribution in [0.1, 0.15) is 39.7 Å². The summed E-state index contributed by atoms with van der Waals surface area (Å²) in [5.74, 6) is 0.635. The standard InChI is InChI=1S/C18H29N3O3S/c1-13(2)18(22)20-17-7-5-16(6-8-17)10-19-25(23,24)21-11-14(3)9-15(4)12-21/h5-8,13-15,19H,9-12H2,1-4H3,(H,20,22)/t14-,15-/m1/s1. The van der Waals surface area contributed by atoms with Crippen LogP contribution >= 0.6 is 0 Å². The summed E-state index contributed by atoms with van der Waals surface area (Å²) in [7, 11) is -3.47. The molecule has 7 heteroatoms. The zero-order chi connectivity index (χ0) is 18.6. The number of anilines is 1. The summed E-state index contributed by atoms with van der Waals surface area (Å²) in [6.07, 6.45) is 1.07. The quantitative estimate of drug-likeness (QED) is 0.811. The lowest BCUT2D eigenvalue weighted by Gasteiger charge is -2.33. The highest BCUT2D eigenvalue weighted by Crippen LogP contribution is 2.22. The molecule has 2 rings (SSSR count). The molecule has 0 bridgehead atoms. The number of hydrogen-bond donors (Lipinski definition) is 2. The Balaban J connectivity index is 1.93. The minimum atomic E-state index is -3.47. The number of carbonyl (C=O) groups is 1. The van der Waals surface area contributed by atoms with E-state index in [9.17, 15) is 13.2 Å². The average Bonchev–Trinajstić information content (AvgIpc) is 2.53. The molecule has 6 nitrogen and oxygen atoms in total. The van der Waals surface area contributed by atoms with E-state index in [2.05, 4.69) is 23.9 Å². The Kier molecular flexibility index (Phi) is 6.59. The second-order valence-electron chi connectivity index (χ2n) is 7.43. The number of rotatable bonds is 6. The molecular weight excluding hydrogens is 338 g/mol. The number of nitrogens with one attached hydrogen (secondary N) is 2. The Bertz CT molecular complexity index is 676. The summed E-state index contributed by atoms with van der Waals surface area (Å²) in [5, 5.41) is 2.82. The molecule has 2 N–H and O–H groups in total.